The van der Waals surface area contributed by atoms with E-state index in [9.17, 15) is 14.3 Å². The number of nitrogens with zero attached hydrogens (tertiary/aromatic N) is 3. The van der Waals surface area contributed by atoms with Crippen molar-refractivity contribution < 1.29 is 19.0 Å². The monoisotopic (exact) mass is 517 g/mol. The molecular formula is C29H28FN3O3S. The number of fused-ring (bicyclic) bond motifs is 1. The van der Waals surface area contributed by atoms with Crippen molar-refractivity contribution in [1.82, 2.24) is 14.9 Å². The van der Waals surface area contributed by atoms with Crippen molar-refractivity contribution in [1.29, 1.82) is 0 Å². The van der Waals surface area contributed by atoms with Crippen molar-refractivity contribution in [3.63, 3.8) is 0 Å². The molecule has 1 atom stereocenters. The Hall–Kier alpha value is -3.20. The molecule has 8 heteroatoms. The number of β-amino-alcohol motifs (C(OH)–C–C–N with tert-alkyl or cyclic N) is 1. The molecule has 4 heterocycles. The van der Waals surface area contributed by atoms with Crippen LogP contribution >= 0.6 is 11.3 Å². The molecule has 0 spiro atoms. The lowest BCUT2D eigenvalue weighted by Gasteiger charge is -2.14. The molecule has 0 amide bonds. The number of benzene rings is 1. The average Bonchev–Trinajstić information content (AvgIpc) is 3.42. The van der Waals surface area contributed by atoms with E-state index in [2.05, 4.69) is 20.9 Å². The van der Waals surface area contributed by atoms with Crippen molar-refractivity contribution in [2.45, 2.75) is 44.8 Å². The highest BCUT2D eigenvalue weighted by atomic mass is 32.1. The first-order valence-corrected chi connectivity index (χ1v) is 13.5. The molecule has 0 unspecified atom stereocenters. The summed E-state index contributed by atoms with van der Waals surface area (Å²) in [5, 5.41) is 9.74. The fourth-order valence-corrected chi connectivity index (χ4v) is 5.84. The van der Waals surface area contributed by atoms with Crippen LogP contribution in [-0.2, 0) is 17.8 Å². The standard InChI is InChI=1S/C29H28FN3O3S/c30-23-13-19(12-22(35)11-18-1-2-18)4-6-26(23)36-27-7-9-31-25-14-28(37-29(25)27)24-5-3-20(15-32-24)16-33-10-8-21(34)17-33/h3-7,9,13-15,18,21,34H,1-2,8,10-12,16-17H2/t21-/m0/s1. The zero-order valence-corrected chi connectivity index (χ0v) is 21.2. The normalized spacial score (nSPS) is 17.9. The number of rotatable bonds is 9. The van der Waals surface area contributed by atoms with E-state index in [1.165, 1.54) is 17.4 Å². The fraction of sp³-hybridized carbons (Fsp3) is 0.345. The van der Waals surface area contributed by atoms with E-state index in [1.54, 1.807) is 24.4 Å². The van der Waals surface area contributed by atoms with E-state index in [-0.39, 0.29) is 24.1 Å². The molecule has 6 rings (SSSR count). The minimum absolute atomic E-state index is 0.121. The van der Waals surface area contributed by atoms with Gasteiger partial charge in [0.1, 0.15) is 11.5 Å². The Bertz CT molecular complexity index is 1430. The van der Waals surface area contributed by atoms with Crippen LogP contribution in [0.15, 0.2) is 54.9 Å². The first kappa shape index (κ1) is 24.2. The van der Waals surface area contributed by atoms with Gasteiger partial charge in [-0.3, -0.25) is 19.7 Å². The molecule has 4 aromatic rings. The number of aromatic nitrogens is 2. The molecule has 1 aliphatic carbocycles. The smallest absolute Gasteiger partial charge is 0.166 e. The number of thiophene rings is 1. The van der Waals surface area contributed by atoms with Crippen molar-refractivity contribution in [2.75, 3.05) is 13.1 Å². The van der Waals surface area contributed by atoms with Crippen LogP contribution < -0.4 is 4.74 Å². The Morgan fingerprint density at radius 2 is 1.95 bits per heavy atom. The Morgan fingerprint density at radius 3 is 2.68 bits per heavy atom. The van der Waals surface area contributed by atoms with Gasteiger partial charge < -0.3 is 9.84 Å². The number of hydrogen-bond acceptors (Lipinski definition) is 7. The highest BCUT2D eigenvalue weighted by Gasteiger charge is 2.24. The van der Waals surface area contributed by atoms with Crippen LogP contribution in [0.25, 0.3) is 20.8 Å². The number of likely N-dealkylation sites (tertiary alicyclic amines) is 1. The van der Waals surface area contributed by atoms with Gasteiger partial charge in [-0.05, 0) is 60.6 Å². The van der Waals surface area contributed by atoms with Gasteiger partial charge in [0, 0.05) is 50.9 Å². The van der Waals surface area contributed by atoms with Gasteiger partial charge in [-0.15, -0.1) is 11.3 Å². The molecule has 0 bridgehead atoms. The molecule has 2 aliphatic rings. The average molecular weight is 518 g/mol. The molecule has 6 nitrogen and oxygen atoms in total. The van der Waals surface area contributed by atoms with Crippen LogP contribution in [0.1, 0.15) is 36.8 Å². The summed E-state index contributed by atoms with van der Waals surface area (Å²) in [5.74, 6) is 0.857. The number of hydrogen-bond donors (Lipinski definition) is 1. The predicted molar refractivity (Wildman–Crippen MR) is 141 cm³/mol. The van der Waals surface area contributed by atoms with Gasteiger partial charge in [-0.1, -0.05) is 12.1 Å². The van der Waals surface area contributed by atoms with E-state index in [0.29, 0.717) is 30.2 Å². The lowest BCUT2D eigenvalue weighted by Crippen LogP contribution is -2.21. The second-order valence-corrected chi connectivity index (χ2v) is 11.1. The number of aliphatic hydroxyl groups is 1. The molecule has 37 heavy (non-hydrogen) atoms. The van der Waals surface area contributed by atoms with Crippen LogP contribution in [0.5, 0.6) is 11.5 Å². The summed E-state index contributed by atoms with van der Waals surface area (Å²) >= 11 is 1.50. The fourth-order valence-electron chi connectivity index (χ4n) is 4.80. The maximum absolute atomic E-state index is 14.9. The second-order valence-electron chi connectivity index (χ2n) is 10.1. The number of ketones is 1. The zero-order chi connectivity index (χ0) is 25.4. The summed E-state index contributed by atoms with van der Waals surface area (Å²) in [4.78, 5) is 24.4. The predicted octanol–water partition coefficient (Wildman–Crippen LogP) is 5.77. The minimum Gasteiger partial charge on any atom is -0.453 e. The first-order chi connectivity index (χ1) is 18.0. The molecule has 1 N–H and O–H groups in total. The number of halogens is 1. The SMILES string of the molecule is O=C(Cc1ccc(Oc2ccnc3cc(-c4ccc(CN5CC[C@H](O)C5)cn4)sc23)c(F)c1)CC1CC1. The topological polar surface area (TPSA) is 75.5 Å². The lowest BCUT2D eigenvalue weighted by molar-refractivity contribution is -0.118. The van der Waals surface area contributed by atoms with E-state index >= 15 is 0 Å². The highest BCUT2D eigenvalue weighted by molar-refractivity contribution is 7.22. The van der Waals surface area contributed by atoms with E-state index < -0.39 is 5.82 Å². The molecule has 1 aromatic carbocycles. The first-order valence-electron chi connectivity index (χ1n) is 12.7. The number of carbonyl (C=O) groups is 1. The molecule has 3 aromatic heterocycles. The summed E-state index contributed by atoms with van der Waals surface area (Å²) in [6.07, 6.45) is 7.22. The molecule has 190 valence electrons. The van der Waals surface area contributed by atoms with Gasteiger partial charge in [0.05, 0.1) is 26.9 Å². The van der Waals surface area contributed by atoms with Crippen LogP contribution in [0, 0.1) is 11.7 Å². The van der Waals surface area contributed by atoms with Crippen LogP contribution in [0.4, 0.5) is 4.39 Å². The Labute approximate surface area is 218 Å². The maximum Gasteiger partial charge on any atom is 0.166 e. The lowest BCUT2D eigenvalue weighted by atomic mass is 10.0. The van der Waals surface area contributed by atoms with Crippen molar-refractivity contribution >= 4 is 27.3 Å². The molecule has 1 saturated heterocycles. The zero-order valence-electron chi connectivity index (χ0n) is 20.4. The van der Waals surface area contributed by atoms with Gasteiger partial charge in [-0.25, -0.2) is 4.39 Å². The third-order valence-corrected chi connectivity index (χ3v) is 8.10. The molecular weight excluding hydrogens is 489 g/mol. The molecule has 1 saturated carbocycles. The second kappa shape index (κ2) is 10.3. The third kappa shape index (κ3) is 5.71. The van der Waals surface area contributed by atoms with E-state index in [4.69, 9.17) is 4.74 Å². The van der Waals surface area contributed by atoms with Gasteiger partial charge in [0.15, 0.2) is 11.6 Å². The van der Waals surface area contributed by atoms with Crippen molar-refractivity contribution in [2.24, 2.45) is 5.92 Å². The highest BCUT2D eigenvalue weighted by Crippen LogP contribution is 2.39. The van der Waals surface area contributed by atoms with Gasteiger partial charge in [0.2, 0.25) is 0 Å². The number of Topliss-reactive ketones (excluding diaryl/α,β-unsaturated/α-hetero) is 1. The number of carbonyl (C=O) groups excluding carboxylic acids is 1. The summed E-state index contributed by atoms with van der Waals surface area (Å²) in [6.45, 7) is 2.37. The van der Waals surface area contributed by atoms with Crippen LogP contribution in [-0.4, -0.2) is 45.0 Å². The van der Waals surface area contributed by atoms with Gasteiger partial charge in [0.25, 0.3) is 0 Å². The van der Waals surface area contributed by atoms with Gasteiger partial charge in [-0.2, -0.15) is 0 Å². The number of ether oxygens (including phenoxy) is 1. The summed E-state index contributed by atoms with van der Waals surface area (Å²) in [7, 11) is 0. The molecule has 1 aliphatic heterocycles. The minimum atomic E-state index is -0.485. The number of aliphatic hydroxyl groups excluding tert-OH is 1. The maximum atomic E-state index is 14.9. The Morgan fingerprint density at radius 1 is 1.08 bits per heavy atom. The van der Waals surface area contributed by atoms with Crippen LogP contribution in [0.3, 0.4) is 0 Å². The molecule has 0 radical (unpaired) electrons. The van der Waals surface area contributed by atoms with Crippen molar-refractivity contribution in [3.05, 3.63) is 71.8 Å². The summed E-state index contributed by atoms with van der Waals surface area (Å²) in [6, 6.07) is 12.5. The largest absolute Gasteiger partial charge is 0.453 e. The summed E-state index contributed by atoms with van der Waals surface area (Å²) < 4.78 is 21.6. The number of pyridine rings is 2. The van der Waals surface area contributed by atoms with E-state index in [1.807, 2.05) is 18.3 Å². The van der Waals surface area contributed by atoms with Gasteiger partial charge >= 0.3 is 0 Å². The third-order valence-electron chi connectivity index (χ3n) is 6.94. The Kier molecular flexibility index (Phi) is 6.71. The van der Waals surface area contributed by atoms with E-state index in [0.717, 1.165) is 58.7 Å². The quantitative estimate of drug-likeness (QED) is 0.304. The Balaban J connectivity index is 1.17. The van der Waals surface area contributed by atoms with Crippen LogP contribution in [0.2, 0.25) is 0 Å². The molecule has 2 fully saturated rings. The van der Waals surface area contributed by atoms with Crippen molar-refractivity contribution in [3.8, 4) is 22.1 Å². The summed E-state index contributed by atoms with van der Waals surface area (Å²) in [5.41, 5.74) is 3.38.